The number of benzene rings is 2. The van der Waals surface area contributed by atoms with Crippen LogP contribution in [0.15, 0.2) is 61.1 Å². The number of likely N-dealkylation sites (N-methyl/N-ethyl adjacent to an activating group) is 1. The van der Waals surface area contributed by atoms with E-state index in [2.05, 4.69) is 84.1 Å². The summed E-state index contributed by atoms with van der Waals surface area (Å²) in [7, 11) is 2.22. The van der Waals surface area contributed by atoms with Crippen LogP contribution >= 0.6 is 0 Å². The van der Waals surface area contributed by atoms with E-state index in [9.17, 15) is 0 Å². The first kappa shape index (κ1) is 23.4. The van der Waals surface area contributed by atoms with Gasteiger partial charge in [-0.25, -0.2) is 9.97 Å². The molecule has 1 saturated heterocycles. The van der Waals surface area contributed by atoms with Crippen molar-refractivity contribution in [3.05, 3.63) is 61.1 Å². The molecule has 8 nitrogen and oxygen atoms in total. The second kappa shape index (κ2) is 9.85. The van der Waals surface area contributed by atoms with Crippen molar-refractivity contribution in [1.82, 2.24) is 29.3 Å². The van der Waals surface area contributed by atoms with E-state index in [-0.39, 0.29) is 0 Å². The molecule has 0 spiro atoms. The van der Waals surface area contributed by atoms with E-state index in [0.29, 0.717) is 0 Å². The predicted molar refractivity (Wildman–Crippen MR) is 155 cm³/mol. The zero-order chi connectivity index (χ0) is 25.5. The molecule has 0 bridgehead atoms. The zero-order valence-electron chi connectivity index (χ0n) is 22.0. The fourth-order valence-corrected chi connectivity index (χ4v) is 6.16. The van der Waals surface area contributed by atoms with Crippen LogP contribution in [0, 0.1) is 0 Å². The highest BCUT2D eigenvalue weighted by atomic mass is 15.2. The second-order valence-corrected chi connectivity index (χ2v) is 10.6. The van der Waals surface area contributed by atoms with Gasteiger partial charge >= 0.3 is 0 Å². The molecule has 1 N–H and O–H groups in total. The van der Waals surface area contributed by atoms with Gasteiger partial charge in [0.25, 0.3) is 0 Å². The summed E-state index contributed by atoms with van der Waals surface area (Å²) in [6.45, 7) is 8.99. The normalized spacial score (nSPS) is 16.9. The first-order chi connectivity index (χ1) is 18.7. The molecule has 0 radical (unpaired) electrons. The number of para-hydroxylation sites is 1. The molecule has 7 rings (SSSR count). The number of nitrogens with one attached hydrogen (secondary N) is 1. The van der Waals surface area contributed by atoms with Crippen molar-refractivity contribution >= 4 is 50.0 Å². The van der Waals surface area contributed by atoms with Crippen LogP contribution in [0.25, 0.3) is 32.8 Å². The lowest BCUT2D eigenvalue weighted by molar-refractivity contribution is 0.153. The molecule has 3 aromatic heterocycles. The second-order valence-electron chi connectivity index (χ2n) is 10.6. The van der Waals surface area contributed by atoms with Crippen LogP contribution in [0.1, 0.15) is 12.8 Å². The Morgan fingerprint density at radius 3 is 2.66 bits per heavy atom. The molecule has 0 unspecified atom stereocenters. The fourth-order valence-electron chi connectivity index (χ4n) is 6.16. The van der Waals surface area contributed by atoms with Gasteiger partial charge in [-0.2, -0.15) is 0 Å². The van der Waals surface area contributed by atoms with E-state index in [0.717, 1.165) is 55.1 Å². The number of piperazine rings is 1. The van der Waals surface area contributed by atoms with Gasteiger partial charge in [0.05, 0.1) is 34.0 Å². The van der Waals surface area contributed by atoms with Crippen LogP contribution in [-0.4, -0.2) is 82.2 Å². The van der Waals surface area contributed by atoms with Crippen molar-refractivity contribution in [2.75, 3.05) is 63.1 Å². The van der Waals surface area contributed by atoms with Crippen molar-refractivity contribution in [2.24, 2.45) is 0 Å². The summed E-state index contributed by atoms with van der Waals surface area (Å²) >= 11 is 0. The summed E-state index contributed by atoms with van der Waals surface area (Å²) in [6.07, 6.45) is 7.43. The average Bonchev–Trinajstić information content (AvgIpc) is 3.12. The molecule has 0 atom stereocenters. The van der Waals surface area contributed by atoms with Gasteiger partial charge in [-0.1, -0.05) is 18.2 Å². The van der Waals surface area contributed by atoms with Gasteiger partial charge in [0.2, 0.25) is 0 Å². The van der Waals surface area contributed by atoms with Gasteiger partial charge in [-0.15, -0.1) is 0 Å². The van der Waals surface area contributed by atoms with Gasteiger partial charge in [0, 0.05) is 74.7 Å². The molecule has 5 heterocycles. The van der Waals surface area contributed by atoms with Crippen molar-refractivity contribution in [2.45, 2.75) is 19.4 Å². The van der Waals surface area contributed by atoms with Crippen molar-refractivity contribution in [3.63, 3.8) is 0 Å². The van der Waals surface area contributed by atoms with Crippen LogP contribution in [0.3, 0.4) is 0 Å². The highest BCUT2D eigenvalue weighted by Crippen LogP contribution is 2.41. The maximum atomic E-state index is 5.27. The van der Waals surface area contributed by atoms with Crippen molar-refractivity contribution < 1.29 is 0 Å². The molecule has 1 fully saturated rings. The fraction of sp³-hybridized carbons (Fsp3) is 0.367. The lowest BCUT2D eigenvalue weighted by atomic mass is 10.1. The van der Waals surface area contributed by atoms with Crippen molar-refractivity contribution in [1.29, 1.82) is 0 Å². The molecule has 2 aliphatic heterocycles. The Hall–Kier alpha value is -3.75. The lowest BCUT2D eigenvalue weighted by Crippen LogP contribution is -2.45. The van der Waals surface area contributed by atoms with E-state index in [1.54, 1.807) is 18.6 Å². The highest BCUT2D eigenvalue weighted by Gasteiger charge is 2.25. The summed E-state index contributed by atoms with van der Waals surface area (Å²) in [5.74, 6) is 0.730. The van der Waals surface area contributed by atoms with Crippen LogP contribution in [0.4, 0.5) is 17.2 Å². The number of aryl methyl sites for hydroxylation is 1. The lowest BCUT2D eigenvalue weighted by Gasteiger charge is -2.33. The minimum Gasteiger partial charge on any atom is -0.369 e. The monoisotopic (exact) mass is 506 g/mol. The summed E-state index contributed by atoms with van der Waals surface area (Å²) in [4.78, 5) is 21.5. The number of pyridine rings is 1. The Balaban J connectivity index is 1.30. The van der Waals surface area contributed by atoms with Crippen LogP contribution in [0.2, 0.25) is 0 Å². The van der Waals surface area contributed by atoms with Gasteiger partial charge in [-0.05, 0) is 50.7 Å². The average molecular weight is 507 g/mol. The third-order valence-electron chi connectivity index (χ3n) is 8.11. The van der Waals surface area contributed by atoms with E-state index in [1.807, 2.05) is 0 Å². The number of fused-ring (bicyclic) bond motifs is 5. The molecule has 2 aliphatic rings. The largest absolute Gasteiger partial charge is 0.369 e. The molecule has 0 saturated carbocycles. The molecule has 194 valence electrons. The van der Waals surface area contributed by atoms with E-state index < -0.39 is 0 Å². The molecule has 2 aromatic carbocycles. The molecule has 5 aromatic rings. The number of aromatic nitrogens is 4. The molecule has 38 heavy (non-hydrogen) atoms. The maximum absolute atomic E-state index is 5.27. The summed E-state index contributed by atoms with van der Waals surface area (Å²) in [5, 5.41) is 5.84. The Kier molecular flexibility index (Phi) is 6.06. The number of anilines is 3. The summed E-state index contributed by atoms with van der Waals surface area (Å²) < 4.78 is 2.51. The number of nitrogens with zero attached hydrogens (tertiary/aromatic N) is 7. The highest BCUT2D eigenvalue weighted by molar-refractivity contribution is 6.17. The van der Waals surface area contributed by atoms with Crippen LogP contribution in [0.5, 0.6) is 0 Å². The summed E-state index contributed by atoms with van der Waals surface area (Å²) in [5.41, 5.74) is 6.98. The van der Waals surface area contributed by atoms with Gasteiger partial charge < -0.3 is 24.6 Å². The maximum Gasteiger partial charge on any atom is 0.148 e. The summed E-state index contributed by atoms with van der Waals surface area (Å²) in [6, 6.07) is 15.3. The molecular weight excluding hydrogens is 472 g/mol. The minimum absolute atomic E-state index is 0.730. The smallest absolute Gasteiger partial charge is 0.148 e. The number of hydrogen-bond donors (Lipinski definition) is 1. The Labute approximate surface area is 222 Å². The first-order valence-electron chi connectivity index (χ1n) is 13.8. The van der Waals surface area contributed by atoms with E-state index in [1.165, 1.54) is 60.1 Å². The van der Waals surface area contributed by atoms with Gasteiger partial charge in [-0.3, -0.25) is 4.98 Å². The molecular formula is C30H34N8. The Morgan fingerprint density at radius 1 is 0.895 bits per heavy atom. The zero-order valence-corrected chi connectivity index (χ0v) is 22.0. The topological polar surface area (TPSA) is 65.3 Å². The minimum atomic E-state index is 0.730. The van der Waals surface area contributed by atoms with E-state index >= 15 is 0 Å². The Bertz CT molecular complexity index is 1590. The van der Waals surface area contributed by atoms with Crippen LogP contribution < -0.4 is 10.2 Å². The first-order valence-corrected chi connectivity index (χ1v) is 13.8. The third kappa shape index (κ3) is 4.23. The molecule has 0 aliphatic carbocycles. The van der Waals surface area contributed by atoms with Crippen LogP contribution in [-0.2, 0) is 6.54 Å². The third-order valence-corrected chi connectivity index (χ3v) is 8.11. The molecule has 8 heteroatoms. The van der Waals surface area contributed by atoms with Crippen molar-refractivity contribution in [3.8, 4) is 0 Å². The SMILES string of the molecule is CN1CCN(CCCN2CCCn3c4ccccc4c4nc5cc(Nc6cnccn6)ccc5c2c43)CC1. The van der Waals surface area contributed by atoms with E-state index in [4.69, 9.17) is 4.98 Å². The van der Waals surface area contributed by atoms with Gasteiger partial charge in [0.1, 0.15) is 5.82 Å². The predicted octanol–water partition coefficient (Wildman–Crippen LogP) is 4.72. The number of rotatable bonds is 6. The Morgan fingerprint density at radius 2 is 1.79 bits per heavy atom. The molecule has 0 amide bonds. The number of hydrogen-bond acceptors (Lipinski definition) is 7. The van der Waals surface area contributed by atoms with Gasteiger partial charge in [0.15, 0.2) is 0 Å². The standard InChI is InChI=1S/C30H34N8/c1-35-16-18-36(19-17-35)12-4-13-37-14-5-15-38-26-7-3-2-6-24(26)28-30(38)29(37)23-9-8-22(20-25(23)34-28)33-27-21-31-10-11-32-27/h2-3,6-11,20-21H,4-5,12-19H2,1H3,(H,32,33). The quantitative estimate of drug-likeness (QED) is 0.357.